The molecule has 0 atom stereocenters. The van der Waals surface area contributed by atoms with Gasteiger partial charge >= 0.3 is 0 Å². The van der Waals surface area contributed by atoms with Crippen LogP contribution in [0.2, 0.25) is 0 Å². The highest BCUT2D eigenvalue weighted by atomic mass is 16.5. The number of anilines is 1. The van der Waals surface area contributed by atoms with Crippen molar-refractivity contribution in [2.45, 2.75) is 39.7 Å². The number of carbonyl (C=O) groups excluding carboxylic acids is 2. The molecule has 3 aromatic rings. The van der Waals surface area contributed by atoms with E-state index in [4.69, 9.17) is 10.00 Å². The Balaban J connectivity index is 1.94. The third-order valence-corrected chi connectivity index (χ3v) is 5.49. The summed E-state index contributed by atoms with van der Waals surface area (Å²) >= 11 is 0. The number of unbranched alkanes of at least 4 members (excludes halogenated alkanes) is 1. The lowest BCUT2D eigenvalue weighted by molar-refractivity contribution is 0.0762. The molecule has 178 valence electrons. The number of aromatic nitrogens is 3. The lowest BCUT2D eigenvalue weighted by Gasteiger charge is -2.20. The summed E-state index contributed by atoms with van der Waals surface area (Å²) in [5.74, 6) is -0.138. The van der Waals surface area contributed by atoms with Crippen LogP contribution in [-0.2, 0) is 11.3 Å². The lowest BCUT2D eigenvalue weighted by Crippen LogP contribution is -2.31. The fraction of sp³-hybridized carbons (Fsp3) is 0.400. The summed E-state index contributed by atoms with van der Waals surface area (Å²) in [4.78, 5) is 36.8. The molecule has 0 saturated carbocycles. The predicted octanol–water partition coefficient (Wildman–Crippen LogP) is 3.85. The van der Waals surface area contributed by atoms with E-state index in [2.05, 4.69) is 22.2 Å². The molecule has 2 amide bonds. The Morgan fingerprint density at radius 2 is 2.03 bits per heavy atom. The van der Waals surface area contributed by atoms with Gasteiger partial charge < -0.3 is 9.64 Å². The molecular weight excluding hydrogens is 432 g/mol. The molecule has 0 aliphatic rings. The van der Waals surface area contributed by atoms with Gasteiger partial charge in [0.25, 0.3) is 11.8 Å². The van der Waals surface area contributed by atoms with Crippen LogP contribution in [0, 0.1) is 11.3 Å². The second-order valence-electron chi connectivity index (χ2n) is 7.89. The van der Waals surface area contributed by atoms with Gasteiger partial charge in [-0.3, -0.25) is 19.5 Å². The third-order valence-electron chi connectivity index (χ3n) is 5.49. The number of hydrogen-bond donors (Lipinski definition) is 1. The molecule has 0 radical (unpaired) electrons. The molecule has 3 rings (SSSR count). The molecule has 9 nitrogen and oxygen atoms in total. The van der Waals surface area contributed by atoms with Crippen molar-refractivity contribution >= 4 is 28.9 Å². The van der Waals surface area contributed by atoms with Crippen molar-refractivity contribution < 1.29 is 14.3 Å². The van der Waals surface area contributed by atoms with Crippen LogP contribution in [0.4, 0.5) is 5.95 Å². The van der Waals surface area contributed by atoms with Crippen molar-refractivity contribution in [3.63, 3.8) is 0 Å². The van der Waals surface area contributed by atoms with Crippen LogP contribution in [0.5, 0.6) is 0 Å². The third kappa shape index (κ3) is 5.77. The van der Waals surface area contributed by atoms with E-state index in [1.54, 1.807) is 42.5 Å². The van der Waals surface area contributed by atoms with Gasteiger partial charge in [-0.2, -0.15) is 5.26 Å². The van der Waals surface area contributed by atoms with Crippen molar-refractivity contribution in [2.75, 3.05) is 32.1 Å². The minimum Gasteiger partial charge on any atom is -0.385 e. The van der Waals surface area contributed by atoms with E-state index >= 15 is 0 Å². The highest BCUT2D eigenvalue weighted by molar-refractivity contribution is 6.04. The zero-order valence-corrected chi connectivity index (χ0v) is 19.9. The van der Waals surface area contributed by atoms with Crippen LogP contribution in [-0.4, -0.2) is 58.1 Å². The fourth-order valence-electron chi connectivity index (χ4n) is 3.64. The van der Waals surface area contributed by atoms with Crippen molar-refractivity contribution in [1.29, 1.82) is 5.26 Å². The van der Waals surface area contributed by atoms with Gasteiger partial charge in [0, 0.05) is 45.1 Å². The summed E-state index contributed by atoms with van der Waals surface area (Å²) in [5.41, 5.74) is 2.32. The predicted molar refractivity (Wildman–Crippen MR) is 130 cm³/mol. The molecule has 1 N–H and O–H groups in total. The van der Waals surface area contributed by atoms with E-state index in [1.165, 1.54) is 6.07 Å². The van der Waals surface area contributed by atoms with Gasteiger partial charge in [0.05, 0.1) is 17.2 Å². The van der Waals surface area contributed by atoms with Crippen molar-refractivity contribution in [2.24, 2.45) is 0 Å². The van der Waals surface area contributed by atoms with Gasteiger partial charge in [-0.05, 0) is 44.0 Å². The summed E-state index contributed by atoms with van der Waals surface area (Å²) in [6.45, 7) is 6.42. The zero-order chi connectivity index (χ0) is 24.5. The number of ether oxygens (including phenoxy) is 1. The van der Waals surface area contributed by atoms with Gasteiger partial charge in [-0.1, -0.05) is 19.4 Å². The topological polar surface area (TPSA) is 113 Å². The quantitative estimate of drug-likeness (QED) is 0.433. The number of nitriles is 1. The average Bonchev–Trinajstić information content (AvgIpc) is 3.20. The molecule has 1 aromatic carbocycles. The highest BCUT2D eigenvalue weighted by Crippen LogP contribution is 2.21. The number of fused-ring (bicyclic) bond motifs is 1. The lowest BCUT2D eigenvalue weighted by atomic mass is 10.1. The van der Waals surface area contributed by atoms with Gasteiger partial charge in [0.2, 0.25) is 5.95 Å². The molecule has 0 aliphatic heterocycles. The number of hydrogen-bond acceptors (Lipinski definition) is 6. The van der Waals surface area contributed by atoms with E-state index in [-0.39, 0.29) is 11.8 Å². The molecule has 0 aliphatic carbocycles. The summed E-state index contributed by atoms with van der Waals surface area (Å²) in [6.07, 6.45) is 4.20. The number of imidazole rings is 1. The summed E-state index contributed by atoms with van der Waals surface area (Å²) in [5, 5.41) is 12.0. The number of rotatable bonds is 11. The monoisotopic (exact) mass is 462 g/mol. The van der Waals surface area contributed by atoms with E-state index in [0.717, 1.165) is 12.8 Å². The van der Waals surface area contributed by atoms with E-state index < -0.39 is 0 Å². The molecule has 2 aromatic heterocycles. The number of amides is 2. The van der Waals surface area contributed by atoms with Gasteiger partial charge in [-0.15, -0.1) is 0 Å². The summed E-state index contributed by atoms with van der Waals surface area (Å²) in [7, 11) is 1.63. The summed E-state index contributed by atoms with van der Waals surface area (Å²) < 4.78 is 6.98. The van der Waals surface area contributed by atoms with Crippen LogP contribution in [0.25, 0.3) is 11.2 Å². The minimum atomic E-state index is -0.381. The Bertz CT molecular complexity index is 1200. The fourth-order valence-corrected chi connectivity index (χ4v) is 3.64. The van der Waals surface area contributed by atoms with Gasteiger partial charge in [0.15, 0.2) is 5.65 Å². The Morgan fingerprint density at radius 3 is 2.74 bits per heavy atom. The summed E-state index contributed by atoms with van der Waals surface area (Å²) in [6, 6.07) is 10.2. The van der Waals surface area contributed by atoms with Crippen LogP contribution < -0.4 is 5.32 Å². The first-order valence-corrected chi connectivity index (χ1v) is 11.5. The second kappa shape index (κ2) is 11.9. The molecule has 9 heteroatoms. The van der Waals surface area contributed by atoms with Crippen LogP contribution in [0.15, 0.2) is 36.5 Å². The number of carbonyl (C=O) groups is 2. The molecule has 34 heavy (non-hydrogen) atoms. The molecular formula is C25H30N6O3. The Labute approximate surface area is 199 Å². The van der Waals surface area contributed by atoms with Crippen LogP contribution >= 0.6 is 0 Å². The first-order chi connectivity index (χ1) is 16.5. The van der Waals surface area contributed by atoms with E-state index in [1.807, 2.05) is 17.6 Å². The molecule has 0 fully saturated rings. The number of pyridine rings is 1. The second-order valence-corrected chi connectivity index (χ2v) is 7.89. The van der Waals surface area contributed by atoms with Crippen LogP contribution in [0.3, 0.4) is 0 Å². The Hall–Kier alpha value is -3.77. The molecule has 0 spiro atoms. The van der Waals surface area contributed by atoms with E-state index in [0.29, 0.717) is 66.5 Å². The van der Waals surface area contributed by atoms with Crippen molar-refractivity contribution in [3.8, 4) is 6.07 Å². The minimum absolute atomic E-state index is 0.0850. The molecule has 2 heterocycles. The van der Waals surface area contributed by atoms with Gasteiger partial charge in [-0.25, -0.2) is 9.97 Å². The number of methoxy groups -OCH3 is 1. The van der Waals surface area contributed by atoms with E-state index in [9.17, 15) is 9.59 Å². The molecule has 0 saturated heterocycles. The molecule has 0 unspecified atom stereocenters. The SMILES string of the molecule is CCCCN(CC)C(=O)c1cnc2c(c1)nc(NC(=O)c1cccc(C#N)c1)n2CCCOC. The maximum atomic E-state index is 13.0. The average molecular weight is 463 g/mol. The number of nitrogens with zero attached hydrogens (tertiary/aromatic N) is 5. The normalized spacial score (nSPS) is 10.8. The zero-order valence-electron chi connectivity index (χ0n) is 19.9. The maximum Gasteiger partial charge on any atom is 0.258 e. The van der Waals surface area contributed by atoms with Gasteiger partial charge in [0.1, 0.15) is 5.52 Å². The highest BCUT2D eigenvalue weighted by Gasteiger charge is 2.19. The Kier molecular flexibility index (Phi) is 8.71. The number of benzene rings is 1. The first kappa shape index (κ1) is 24.9. The Morgan fingerprint density at radius 1 is 1.21 bits per heavy atom. The number of nitrogens with one attached hydrogen (secondary N) is 1. The van der Waals surface area contributed by atoms with Crippen LogP contribution in [0.1, 0.15) is 59.4 Å². The standard InChI is InChI=1S/C25H30N6O3/c1-4-6-11-30(5-2)24(33)20-15-21-22(27-17-20)31(12-8-13-34-3)25(28-21)29-23(32)19-10-7-9-18(14-19)16-26/h7,9-10,14-15,17H,4-6,8,11-13H2,1-3H3,(H,28,29,32). The maximum absolute atomic E-state index is 13.0. The van der Waals surface area contributed by atoms with Crippen molar-refractivity contribution in [1.82, 2.24) is 19.4 Å². The largest absolute Gasteiger partial charge is 0.385 e. The molecule has 0 bridgehead atoms. The first-order valence-electron chi connectivity index (χ1n) is 11.5. The van der Waals surface area contributed by atoms with Crippen molar-refractivity contribution in [3.05, 3.63) is 53.2 Å². The number of aryl methyl sites for hydroxylation is 1. The smallest absolute Gasteiger partial charge is 0.258 e.